The number of hydrogen-bond acceptors (Lipinski definition) is 3. The summed E-state index contributed by atoms with van der Waals surface area (Å²) < 4.78 is 5.68. The Morgan fingerprint density at radius 2 is 2.33 bits per heavy atom. The lowest BCUT2D eigenvalue weighted by molar-refractivity contribution is 0.242. The Kier molecular flexibility index (Phi) is 4.63. The highest BCUT2D eigenvalue weighted by Gasteiger charge is 2.27. The predicted octanol–water partition coefficient (Wildman–Crippen LogP) is 2.19. The number of fused-ring (bicyclic) bond motifs is 1. The molecule has 2 atom stereocenters. The van der Waals surface area contributed by atoms with Gasteiger partial charge in [-0.15, -0.1) is 11.8 Å². The monoisotopic (exact) mass is 244 g/mol. The van der Waals surface area contributed by atoms with Crippen LogP contribution in [0.1, 0.15) is 37.7 Å². The number of benzene rings is 1. The number of nitrogens with two attached hydrogens (primary N) is 1. The molecule has 0 radical (unpaired) electrons. The largest absolute Gasteiger partial charge is 0.493 e. The van der Waals surface area contributed by atoms with E-state index in [4.69, 9.17) is 10.6 Å². The first-order valence-electron chi connectivity index (χ1n) is 6.44. The second-order valence-corrected chi connectivity index (χ2v) is 4.52. The van der Waals surface area contributed by atoms with Crippen LogP contribution in [0.2, 0.25) is 0 Å². The summed E-state index contributed by atoms with van der Waals surface area (Å²) in [6.07, 6.45) is 2.85. The highest BCUT2D eigenvalue weighted by atomic mass is 16.5. The van der Waals surface area contributed by atoms with Gasteiger partial charge in [-0.1, -0.05) is 18.2 Å². The molecule has 1 heterocycles. The van der Waals surface area contributed by atoms with Gasteiger partial charge in [-0.2, -0.15) is 0 Å². The molecule has 0 spiro atoms. The van der Waals surface area contributed by atoms with Crippen molar-refractivity contribution in [1.82, 2.24) is 5.43 Å². The normalized spacial score (nSPS) is 19.1. The molecule has 1 aliphatic heterocycles. The summed E-state index contributed by atoms with van der Waals surface area (Å²) in [5.74, 6) is 13.1. The molecule has 96 valence electrons. The topological polar surface area (TPSA) is 47.3 Å². The molecule has 1 aliphatic rings. The van der Waals surface area contributed by atoms with Crippen molar-refractivity contribution in [1.29, 1.82) is 0 Å². The van der Waals surface area contributed by atoms with Crippen LogP contribution in [-0.2, 0) is 0 Å². The van der Waals surface area contributed by atoms with E-state index >= 15 is 0 Å². The van der Waals surface area contributed by atoms with E-state index in [1.54, 1.807) is 0 Å². The van der Waals surface area contributed by atoms with E-state index in [-0.39, 0.29) is 6.04 Å². The molecule has 2 rings (SSSR count). The van der Waals surface area contributed by atoms with Crippen molar-refractivity contribution in [3.05, 3.63) is 29.8 Å². The van der Waals surface area contributed by atoms with Crippen molar-refractivity contribution in [3.8, 4) is 17.6 Å². The molecule has 0 saturated carbocycles. The number of para-hydroxylation sites is 1. The molecule has 0 aromatic heterocycles. The van der Waals surface area contributed by atoms with Crippen molar-refractivity contribution in [3.63, 3.8) is 0 Å². The molecule has 0 fully saturated rings. The van der Waals surface area contributed by atoms with Gasteiger partial charge < -0.3 is 4.74 Å². The van der Waals surface area contributed by atoms with Crippen molar-refractivity contribution in [2.45, 2.75) is 38.1 Å². The Bertz CT molecular complexity index is 447. The Balaban J connectivity index is 2.13. The second-order valence-electron chi connectivity index (χ2n) is 4.52. The zero-order valence-electron chi connectivity index (χ0n) is 10.8. The number of hydrazine groups is 1. The van der Waals surface area contributed by atoms with Gasteiger partial charge in [-0.25, -0.2) is 0 Å². The van der Waals surface area contributed by atoms with Crippen LogP contribution in [-0.4, -0.2) is 12.6 Å². The number of nitrogens with one attached hydrogen (secondary N) is 1. The fraction of sp³-hybridized carbons (Fsp3) is 0.467. The first-order valence-corrected chi connectivity index (χ1v) is 6.44. The zero-order chi connectivity index (χ0) is 12.8. The molecule has 1 aromatic carbocycles. The Morgan fingerprint density at radius 1 is 1.50 bits per heavy atom. The number of ether oxygens (including phenoxy) is 1. The first kappa shape index (κ1) is 12.9. The van der Waals surface area contributed by atoms with Gasteiger partial charge in [0.15, 0.2) is 0 Å². The molecule has 0 saturated heterocycles. The van der Waals surface area contributed by atoms with Crippen molar-refractivity contribution >= 4 is 0 Å². The summed E-state index contributed by atoms with van der Waals surface area (Å²) in [4.78, 5) is 0. The minimum Gasteiger partial charge on any atom is -0.493 e. The Labute approximate surface area is 109 Å². The minimum atomic E-state index is 0.260. The summed E-state index contributed by atoms with van der Waals surface area (Å²) in [5.41, 5.74) is 4.21. The highest BCUT2D eigenvalue weighted by Crippen LogP contribution is 2.36. The Morgan fingerprint density at radius 3 is 3.11 bits per heavy atom. The average Bonchev–Trinajstić information content (AvgIpc) is 2.43. The molecule has 2 unspecified atom stereocenters. The molecule has 1 aromatic rings. The lowest BCUT2D eigenvalue weighted by Gasteiger charge is -2.31. The van der Waals surface area contributed by atoms with Gasteiger partial charge in [0, 0.05) is 18.4 Å². The van der Waals surface area contributed by atoms with Crippen LogP contribution in [0.4, 0.5) is 0 Å². The van der Waals surface area contributed by atoms with Crippen molar-refractivity contribution < 1.29 is 4.74 Å². The molecule has 3 N–H and O–H groups in total. The summed E-state index contributed by atoms with van der Waals surface area (Å²) in [7, 11) is 0. The van der Waals surface area contributed by atoms with Gasteiger partial charge in [0.1, 0.15) is 5.75 Å². The van der Waals surface area contributed by atoms with Crippen LogP contribution in [0.3, 0.4) is 0 Å². The standard InChI is InChI=1S/C15H20N2O/c1-2-3-4-8-14(17-16)12-10-11-18-15-9-6-5-7-13(12)15/h5-7,9,12,14,17H,4,8,10-11,16H2,1H3. The average molecular weight is 244 g/mol. The SMILES string of the molecule is CC#CCCC(NN)C1CCOc2ccccc21. The third-order valence-electron chi connectivity index (χ3n) is 3.46. The summed E-state index contributed by atoms with van der Waals surface area (Å²) in [6, 6.07) is 8.49. The molecular formula is C15H20N2O. The smallest absolute Gasteiger partial charge is 0.122 e. The van der Waals surface area contributed by atoms with Gasteiger partial charge in [-0.05, 0) is 31.4 Å². The van der Waals surface area contributed by atoms with Crippen LogP contribution in [0.5, 0.6) is 5.75 Å². The van der Waals surface area contributed by atoms with E-state index in [0.717, 1.165) is 31.6 Å². The van der Waals surface area contributed by atoms with E-state index in [9.17, 15) is 0 Å². The molecule has 0 bridgehead atoms. The van der Waals surface area contributed by atoms with Crippen LogP contribution in [0.15, 0.2) is 24.3 Å². The highest BCUT2D eigenvalue weighted by molar-refractivity contribution is 5.38. The molecule has 3 nitrogen and oxygen atoms in total. The van der Waals surface area contributed by atoms with E-state index in [0.29, 0.717) is 5.92 Å². The van der Waals surface area contributed by atoms with Gasteiger partial charge in [0.2, 0.25) is 0 Å². The van der Waals surface area contributed by atoms with Crippen LogP contribution >= 0.6 is 0 Å². The van der Waals surface area contributed by atoms with Gasteiger partial charge in [-0.3, -0.25) is 11.3 Å². The predicted molar refractivity (Wildman–Crippen MR) is 73.1 cm³/mol. The lowest BCUT2D eigenvalue weighted by Crippen LogP contribution is -2.41. The van der Waals surface area contributed by atoms with E-state index < -0.39 is 0 Å². The summed E-state index contributed by atoms with van der Waals surface area (Å²) in [6.45, 7) is 2.63. The number of hydrogen-bond donors (Lipinski definition) is 2. The Hall–Kier alpha value is -1.50. The molecular weight excluding hydrogens is 224 g/mol. The van der Waals surface area contributed by atoms with E-state index in [2.05, 4.69) is 29.4 Å². The minimum absolute atomic E-state index is 0.260. The maximum absolute atomic E-state index is 5.70. The van der Waals surface area contributed by atoms with Crippen molar-refractivity contribution in [2.75, 3.05) is 6.61 Å². The summed E-state index contributed by atoms with van der Waals surface area (Å²) >= 11 is 0. The second kappa shape index (κ2) is 6.44. The molecule has 18 heavy (non-hydrogen) atoms. The third-order valence-corrected chi connectivity index (χ3v) is 3.46. The zero-order valence-corrected chi connectivity index (χ0v) is 10.8. The molecule has 0 amide bonds. The van der Waals surface area contributed by atoms with Crippen LogP contribution < -0.4 is 16.0 Å². The maximum Gasteiger partial charge on any atom is 0.122 e. The fourth-order valence-corrected chi connectivity index (χ4v) is 2.54. The molecule has 0 aliphatic carbocycles. The van der Waals surface area contributed by atoms with Crippen LogP contribution in [0, 0.1) is 11.8 Å². The maximum atomic E-state index is 5.70. The van der Waals surface area contributed by atoms with E-state index in [1.165, 1.54) is 5.56 Å². The van der Waals surface area contributed by atoms with Gasteiger partial charge in [0.25, 0.3) is 0 Å². The lowest BCUT2D eigenvalue weighted by atomic mass is 9.85. The summed E-state index contributed by atoms with van der Waals surface area (Å²) in [5, 5.41) is 0. The van der Waals surface area contributed by atoms with E-state index in [1.807, 2.05) is 19.1 Å². The van der Waals surface area contributed by atoms with Crippen LogP contribution in [0.25, 0.3) is 0 Å². The van der Waals surface area contributed by atoms with Crippen molar-refractivity contribution in [2.24, 2.45) is 5.84 Å². The number of rotatable bonds is 4. The quantitative estimate of drug-likeness (QED) is 0.485. The first-order chi connectivity index (χ1) is 8.86. The van der Waals surface area contributed by atoms with Gasteiger partial charge in [0.05, 0.1) is 6.61 Å². The fourth-order valence-electron chi connectivity index (χ4n) is 2.54. The van der Waals surface area contributed by atoms with Gasteiger partial charge >= 0.3 is 0 Å². The molecule has 3 heteroatoms. The third kappa shape index (κ3) is 2.84.